The van der Waals surface area contributed by atoms with Gasteiger partial charge < -0.3 is 21.3 Å². The van der Waals surface area contributed by atoms with Crippen LogP contribution in [-0.2, 0) is 9.59 Å². The van der Waals surface area contributed by atoms with Gasteiger partial charge in [-0.1, -0.05) is 35.9 Å². The van der Waals surface area contributed by atoms with Crippen LogP contribution in [0.1, 0.15) is 28.8 Å². The molecule has 2 aromatic rings. The van der Waals surface area contributed by atoms with Gasteiger partial charge in [0.15, 0.2) is 12.0 Å². The maximum atomic E-state index is 13.5. The van der Waals surface area contributed by atoms with E-state index in [1.54, 1.807) is 12.1 Å². The second-order valence-corrected chi connectivity index (χ2v) is 10.3. The van der Waals surface area contributed by atoms with Gasteiger partial charge in [-0.15, -0.1) is 0 Å². The fourth-order valence-corrected chi connectivity index (χ4v) is 6.15. The van der Waals surface area contributed by atoms with Crippen molar-refractivity contribution in [1.29, 1.82) is 0 Å². The van der Waals surface area contributed by atoms with Gasteiger partial charge in [0.2, 0.25) is 17.6 Å². The lowest BCUT2D eigenvalue weighted by Crippen LogP contribution is -2.90. The third-order valence-electron chi connectivity index (χ3n) is 8.00. The Balaban J connectivity index is 1.33. The number of benzene rings is 2. The number of guanidine groups is 2. The number of amides is 3. The molecule has 2 fully saturated rings. The first-order valence-corrected chi connectivity index (χ1v) is 12.4. The summed E-state index contributed by atoms with van der Waals surface area (Å²) < 4.78 is 0. The lowest BCUT2D eigenvalue weighted by atomic mass is 9.84. The first-order chi connectivity index (χ1) is 18.0. The predicted octanol–water partition coefficient (Wildman–Crippen LogP) is -3.85. The van der Waals surface area contributed by atoms with Crippen LogP contribution < -0.4 is 27.1 Å². The fraction of sp³-hybridized carbons (Fsp3) is 0.400. The number of rotatable bonds is 4. The van der Waals surface area contributed by atoms with E-state index in [2.05, 4.69) is 20.6 Å². The van der Waals surface area contributed by atoms with Crippen molar-refractivity contribution in [2.45, 2.75) is 49.3 Å². The van der Waals surface area contributed by atoms with Gasteiger partial charge in [-0.25, -0.2) is 10.3 Å². The number of hydrogen-bond donors (Lipinski definition) is 7. The van der Waals surface area contributed by atoms with Gasteiger partial charge in [-0.2, -0.15) is 0 Å². The Bertz CT molecular complexity index is 1440. The van der Waals surface area contributed by atoms with Gasteiger partial charge in [0.25, 0.3) is 11.6 Å². The molecule has 198 valence electrons. The van der Waals surface area contributed by atoms with E-state index in [0.717, 1.165) is 21.2 Å². The summed E-state index contributed by atoms with van der Waals surface area (Å²) in [5, 5.41) is 30.6. The molecule has 38 heavy (non-hydrogen) atoms. The molecule has 3 amide bonds. The Morgan fingerprint density at radius 2 is 1.95 bits per heavy atom. The highest BCUT2D eigenvalue weighted by Crippen LogP contribution is 2.41. The number of likely N-dealkylation sites (tertiary alicyclic amines) is 1. The number of nitrogens with one attached hydrogen (secondary N) is 3. The number of imide groups is 1. The summed E-state index contributed by atoms with van der Waals surface area (Å²) in [7, 11) is 0. The van der Waals surface area contributed by atoms with E-state index in [4.69, 9.17) is 11.5 Å². The highest BCUT2D eigenvalue weighted by Gasteiger charge is 2.76. The Morgan fingerprint density at radius 1 is 1.21 bits per heavy atom. The summed E-state index contributed by atoms with van der Waals surface area (Å²) in [6, 6.07) is 8.17. The summed E-state index contributed by atoms with van der Waals surface area (Å²) in [5.74, 6) is -3.75. The summed E-state index contributed by atoms with van der Waals surface area (Å²) in [6.45, 7) is 1.73. The van der Waals surface area contributed by atoms with Gasteiger partial charge in [0.1, 0.15) is 12.1 Å². The minimum atomic E-state index is -2.60. The zero-order valence-corrected chi connectivity index (χ0v) is 20.6. The first-order valence-electron chi connectivity index (χ1n) is 12.4. The molecule has 0 aromatic heterocycles. The van der Waals surface area contributed by atoms with Gasteiger partial charge in [0, 0.05) is 18.4 Å². The van der Waals surface area contributed by atoms with E-state index < -0.39 is 35.5 Å². The van der Waals surface area contributed by atoms with E-state index in [1.165, 1.54) is 4.90 Å². The number of fused-ring (bicyclic) bond motifs is 1. The molecule has 13 nitrogen and oxygen atoms in total. The Morgan fingerprint density at radius 3 is 2.68 bits per heavy atom. The van der Waals surface area contributed by atoms with Crippen molar-refractivity contribution in [3.63, 3.8) is 0 Å². The average Bonchev–Trinajstić information content (AvgIpc) is 3.46. The Kier molecular flexibility index (Phi) is 5.16. The molecule has 0 radical (unpaired) electrons. The van der Waals surface area contributed by atoms with Crippen molar-refractivity contribution in [1.82, 2.24) is 20.4 Å². The zero-order chi connectivity index (χ0) is 27.0. The average molecular weight is 522 g/mol. The number of nitrogens with two attached hydrogens (primary N) is 2. The highest BCUT2D eigenvalue weighted by molar-refractivity contribution is 6.07. The van der Waals surface area contributed by atoms with Crippen LogP contribution in [0.3, 0.4) is 0 Å². The van der Waals surface area contributed by atoms with E-state index in [9.17, 15) is 24.6 Å². The second-order valence-electron chi connectivity index (χ2n) is 10.3. The maximum Gasteiger partial charge on any atom is 0.343 e. The zero-order valence-electron chi connectivity index (χ0n) is 20.6. The van der Waals surface area contributed by atoms with E-state index in [-0.39, 0.29) is 49.7 Å². The number of aryl methyl sites for hydroxylation is 1. The lowest BCUT2D eigenvalue weighted by molar-refractivity contribution is -0.521. The van der Waals surface area contributed by atoms with Crippen LogP contribution in [0.5, 0.6) is 0 Å². The molecule has 4 atom stereocenters. The maximum absolute atomic E-state index is 13.5. The standard InChI is InChI=1S/C25H28N8O5/c1-12-5-6-13-3-2-4-14(15(13)9-12)21(36)29-17-11-33-23(27)28-16(10-32-18(34)7-8-19(32)35)20-24(33,25(17,37)38)31-22(26)30-20/h2-6,9,16-17,20,37-38H,7-8,10-11H2,1H3,(H2,27,28)(H,29,36)(H3,26,30,31)/p+1/t16-,17?,20-,24?/m0/s1. The molecule has 4 heterocycles. The number of hydrogen-bond acceptors (Lipinski definition) is 10. The normalized spacial score (nSPS) is 29.6. The van der Waals surface area contributed by atoms with E-state index >= 15 is 0 Å². The minimum Gasteiger partial charge on any atom is -0.370 e. The molecule has 4 aliphatic heterocycles. The van der Waals surface area contributed by atoms with E-state index in [1.807, 2.05) is 31.2 Å². The summed E-state index contributed by atoms with van der Waals surface area (Å²) in [5.41, 5.74) is 12.0. The topological polar surface area (TPSA) is 201 Å². The van der Waals surface area contributed by atoms with Gasteiger partial charge in [0.05, 0.1) is 13.1 Å². The minimum absolute atomic E-state index is 0.0398. The second kappa shape index (κ2) is 8.13. The number of aliphatic imine (C=N–C) groups is 1. The third-order valence-corrected chi connectivity index (χ3v) is 8.00. The molecular weight excluding hydrogens is 492 g/mol. The summed E-state index contributed by atoms with van der Waals surface area (Å²) >= 11 is 0. The number of aliphatic hydroxyl groups is 2. The molecule has 9 N–H and O–H groups in total. The highest BCUT2D eigenvalue weighted by atomic mass is 16.5. The van der Waals surface area contributed by atoms with Crippen molar-refractivity contribution in [2.24, 2.45) is 16.5 Å². The summed E-state index contributed by atoms with van der Waals surface area (Å²) in [6.07, 6.45) is 0.219. The largest absolute Gasteiger partial charge is 0.370 e. The molecule has 2 aromatic carbocycles. The monoisotopic (exact) mass is 521 g/mol. The van der Waals surface area contributed by atoms with Crippen LogP contribution >= 0.6 is 0 Å². The van der Waals surface area contributed by atoms with Crippen LogP contribution in [0.25, 0.3) is 10.8 Å². The van der Waals surface area contributed by atoms with Gasteiger partial charge in [-0.3, -0.25) is 34.9 Å². The van der Waals surface area contributed by atoms with Gasteiger partial charge >= 0.3 is 5.96 Å². The molecular formula is C25H29N8O5+. The number of carbonyl (C=O) groups is 3. The van der Waals surface area contributed by atoms with Crippen LogP contribution in [0, 0.1) is 6.92 Å². The van der Waals surface area contributed by atoms with Crippen molar-refractivity contribution in [2.75, 3.05) is 13.1 Å². The molecule has 4 aliphatic rings. The quantitative estimate of drug-likeness (QED) is 0.155. The molecule has 0 saturated carbocycles. The molecule has 0 aliphatic carbocycles. The Hall–Kier alpha value is -4.23. The number of carbonyl (C=O) groups excluding carboxylic acids is 3. The fourth-order valence-electron chi connectivity index (χ4n) is 6.15. The molecule has 6 rings (SSSR count). The molecule has 13 heteroatoms. The molecule has 1 spiro atoms. The SMILES string of the molecule is Cc1ccc2cccc(C(=O)NC3CN4C(N)=N[C@@H](CN5C(=O)CCC5=O)[C@@H]5[NH+]=C(N)NC54C3(O)O)c2c1. The predicted molar refractivity (Wildman–Crippen MR) is 135 cm³/mol. The van der Waals surface area contributed by atoms with Gasteiger partial charge in [-0.05, 0) is 23.8 Å². The molecule has 0 bridgehead atoms. The van der Waals surface area contributed by atoms with Crippen molar-refractivity contribution in [3.8, 4) is 0 Å². The number of nitrogens with zero attached hydrogens (tertiary/aromatic N) is 3. The smallest absolute Gasteiger partial charge is 0.343 e. The Labute approximate surface area is 217 Å². The van der Waals surface area contributed by atoms with Crippen molar-refractivity contribution in [3.05, 3.63) is 47.5 Å². The van der Waals surface area contributed by atoms with Crippen molar-refractivity contribution >= 4 is 40.4 Å². The van der Waals surface area contributed by atoms with Crippen LogP contribution in [0.2, 0.25) is 0 Å². The first kappa shape index (κ1) is 24.1. The lowest BCUT2D eigenvalue weighted by Gasteiger charge is -2.46. The van der Waals surface area contributed by atoms with Crippen LogP contribution in [0.4, 0.5) is 0 Å². The molecule has 2 unspecified atom stereocenters. The third kappa shape index (κ3) is 3.28. The van der Waals surface area contributed by atoms with Crippen LogP contribution in [0.15, 0.2) is 41.4 Å². The van der Waals surface area contributed by atoms with Crippen LogP contribution in [-0.4, -0.2) is 92.3 Å². The molecule has 2 saturated heterocycles. The van der Waals surface area contributed by atoms with E-state index in [0.29, 0.717) is 5.56 Å². The van der Waals surface area contributed by atoms with Crippen molar-refractivity contribution < 1.29 is 29.6 Å². The summed E-state index contributed by atoms with van der Waals surface area (Å²) in [4.78, 5) is 48.0.